The van der Waals surface area contributed by atoms with E-state index in [0.29, 0.717) is 41.9 Å². The summed E-state index contributed by atoms with van der Waals surface area (Å²) in [6.45, 7) is 0.634. The van der Waals surface area contributed by atoms with Crippen molar-refractivity contribution in [3.05, 3.63) is 58.6 Å². The lowest BCUT2D eigenvalue weighted by Crippen LogP contribution is -2.24. The van der Waals surface area contributed by atoms with Crippen molar-refractivity contribution >= 4 is 26.6 Å². The van der Waals surface area contributed by atoms with E-state index >= 15 is 0 Å². The molecule has 1 heterocycles. The van der Waals surface area contributed by atoms with Crippen molar-refractivity contribution in [3.8, 4) is 11.5 Å². The predicted molar refractivity (Wildman–Crippen MR) is 120 cm³/mol. The first-order valence-corrected chi connectivity index (χ1v) is 11.8. The Morgan fingerprint density at radius 3 is 2.38 bits per heavy atom. The molecule has 0 atom stereocenters. The highest BCUT2D eigenvalue weighted by molar-refractivity contribution is 7.90. The molecule has 0 bridgehead atoms. The molecule has 0 aliphatic rings. The van der Waals surface area contributed by atoms with E-state index in [2.05, 4.69) is 10.3 Å². The fraction of sp³-hybridized carbons (Fsp3) is 0.318. The molecule has 1 N–H and O–H groups in total. The SMILES string of the molecule is COc1cc2ncn(CCCC(=O)NCc3ccc(S(C)(=O)=O)cc3)c(=O)c2cc1OC. The Kier molecular flexibility index (Phi) is 7.14. The minimum atomic E-state index is -3.25. The van der Waals surface area contributed by atoms with Crippen molar-refractivity contribution in [2.24, 2.45) is 0 Å². The van der Waals surface area contributed by atoms with Crippen LogP contribution in [0.15, 0.2) is 52.4 Å². The Hall–Kier alpha value is -3.40. The van der Waals surface area contributed by atoms with Gasteiger partial charge in [-0.1, -0.05) is 12.1 Å². The van der Waals surface area contributed by atoms with Gasteiger partial charge in [0.1, 0.15) is 0 Å². The molecule has 0 spiro atoms. The normalized spacial score (nSPS) is 11.3. The highest BCUT2D eigenvalue weighted by Crippen LogP contribution is 2.29. The van der Waals surface area contributed by atoms with Gasteiger partial charge >= 0.3 is 0 Å². The summed E-state index contributed by atoms with van der Waals surface area (Å²) in [4.78, 5) is 29.5. The summed E-state index contributed by atoms with van der Waals surface area (Å²) < 4.78 is 34.9. The largest absolute Gasteiger partial charge is 0.493 e. The quantitative estimate of drug-likeness (QED) is 0.519. The van der Waals surface area contributed by atoms with E-state index in [-0.39, 0.29) is 22.8 Å². The molecule has 0 radical (unpaired) electrons. The number of hydrogen-bond acceptors (Lipinski definition) is 7. The highest BCUT2D eigenvalue weighted by Gasteiger charge is 2.12. The number of methoxy groups -OCH3 is 2. The molecule has 3 aromatic rings. The number of aromatic nitrogens is 2. The van der Waals surface area contributed by atoms with Crippen molar-refractivity contribution in [1.82, 2.24) is 14.9 Å². The van der Waals surface area contributed by atoms with Gasteiger partial charge in [-0.15, -0.1) is 0 Å². The average molecular weight is 460 g/mol. The first kappa shape index (κ1) is 23.3. The van der Waals surface area contributed by atoms with Crippen molar-refractivity contribution in [1.29, 1.82) is 0 Å². The molecular weight excluding hydrogens is 434 g/mol. The van der Waals surface area contributed by atoms with Gasteiger partial charge in [0.15, 0.2) is 21.3 Å². The summed E-state index contributed by atoms with van der Waals surface area (Å²) >= 11 is 0. The summed E-state index contributed by atoms with van der Waals surface area (Å²) in [6.07, 6.45) is 3.29. The maximum Gasteiger partial charge on any atom is 0.261 e. The third kappa shape index (κ3) is 5.44. The number of aryl methyl sites for hydroxylation is 1. The van der Waals surface area contributed by atoms with E-state index in [4.69, 9.17) is 9.47 Å². The fourth-order valence-electron chi connectivity index (χ4n) is 3.20. The molecular formula is C22H25N3O6S. The Morgan fingerprint density at radius 1 is 1.09 bits per heavy atom. The van der Waals surface area contributed by atoms with Crippen LogP contribution in [0, 0.1) is 0 Å². The first-order chi connectivity index (χ1) is 15.2. The molecule has 0 saturated carbocycles. The highest BCUT2D eigenvalue weighted by atomic mass is 32.2. The average Bonchev–Trinajstić information content (AvgIpc) is 2.78. The van der Waals surface area contributed by atoms with E-state index < -0.39 is 9.84 Å². The zero-order valence-electron chi connectivity index (χ0n) is 18.1. The van der Waals surface area contributed by atoms with Crippen LogP contribution in [0.2, 0.25) is 0 Å². The maximum absolute atomic E-state index is 12.8. The van der Waals surface area contributed by atoms with Crippen LogP contribution in [0.5, 0.6) is 11.5 Å². The number of hydrogen-bond donors (Lipinski definition) is 1. The molecule has 0 aliphatic heterocycles. The Balaban J connectivity index is 1.57. The van der Waals surface area contributed by atoms with E-state index in [9.17, 15) is 18.0 Å². The van der Waals surface area contributed by atoms with Crippen molar-refractivity contribution in [2.75, 3.05) is 20.5 Å². The lowest BCUT2D eigenvalue weighted by Gasteiger charge is -2.11. The number of nitrogens with one attached hydrogen (secondary N) is 1. The number of rotatable bonds is 9. The zero-order valence-corrected chi connectivity index (χ0v) is 18.9. The molecule has 32 heavy (non-hydrogen) atoms. The van der Waals surface area contributed by atoms with Crippen LogP contribution in [0.3, 0.4) is 0 Å². The van der Waals surface area contributed by atoms with Crippen molar-refractivity contribution in [2.45, 2.75) is 30.8 Å². The first-order valence-electron chi connectivity index (χ1n) is 9.90. The Labute approximate surface area is 185 Å². The predicted octanol–water partition coefficient (Wildman–Crippen LogP) is 1.91. The van der Waals surface area contributed by atoms with Gasteiger partial charge in [-0.2, -0.15) is 0 Å². The van der Waals surface area contributed by atoms with Crippen LogP contribution in [0.25, 0.3) is 10.9 Å². The van der Waals surface area contributed by atoms with Crippen LogP contribution >= 0.6 is 0 Å². The van der Waals surface area contributed by atoms with Gasteiger partial charge in [-0.05, 0) is 30.2 Å². The smallest absolute Gasteiger partial charge is 0.261 e. The molecule has 170 valence electrons. The van der Waals surface area contributed by atoms with Gasteiger partial charge in [0.2, 0.25) is 5.91 Å². The van der Waals surface area contributed by atoms with Crippen molar-refractivity contribution in [3.63, 3.8) is 0 Å². The second-order valence-corrected chi connectivity index (χ2v) is 9.28. The third-order valence-corrected chi connectivity index (χ3v) is 6.10. The number of nitrogens with zero attached hydrogens (tertiary/aromatic N) is 2. The minimum absolute atomic E-state index is 0.162. The molecule has 3 rings (SSSR count). The number of fused-ring (bicyclic) bond motifs is 1. The molecule has 0 aliphatic carbocycles. The van der Waals surface area contributed by atoms with E-state index in [0.717, 1.165) is 11.8 Å². The maximum atomic E-state index is 12.8. The summed E-state index contributed by atoms with van der Waals surface area (Å²) in [5, 5.41) is 3.20. The molecule has 0 saturated heterocycles. The lowest BCUT2D eigenvalue weighted by molar-refractivity contribution is -0.121. The van der Waals surface area contributed by atoms with E-state index in [1.165, 1.54) is 37.2 Å². The van der Waals surface area contributed by atoms with Gasteiger partial charge in [0.05, 0.1) is 36.3 Å². The van der Waals surface area contributed by atoms with Crippen LogP contribution in [-0.2, 0) is 27.7 Å². The van der Waals surface area contributed by atoms with E-state index in [1.54, 1.807) is 24.3 Å². The van der Waals surface area contributed by atoms with Crippen LogP contribution in [0.4, 0.5) is 0 Å². The summed E-state index contributed by atoms with van der Waals surface area (Å²) in [5.41, 5.74) is 1.08. The minimum Gasteiger partial charge on any atom is -0.493 e. The van der Waals surface area contributed by atoms with Gasteiger partial charge in [-0.3, -0.25) is 14.2 Å². The molecule has 0 fully saturated rings. The number of benzene rings is 2. The van der Waals surface area contributed by atoms with Gasteiger partial charge in [0, 0.05) is 31.8 Å². The Morgan fingerprint density at radius 2 is 1.75 bits per heavy atom. The molecule has 2 aromatic carbocycles. The molecule has 1 amide bonds. The second-order valence-electron chi connectivity index (χ2n) is 7.26. The Bertz CT molecular complexity index is 1280. The van der Waals surface area contributed by atoms with Crippen LogP contribution in [0.1, 0.15) is 18.4 Å². The fourth-order valence-corrected chi connectivity index (χ4v) is 3.83. The number of ether oxygens (including phenoxy) is 2. The van der Waals surface area contributed by atoms with Gasteiger partial charge in [-0.25, -0.2) is 13.4 Å². The van der Waals surface area contributed by atoms with Crippen LogP contribution in [-0.4, -0.2) is 44.4 Å². The van der Waals surface area contributed by atoms with Crippen molar-refractivity contribution < 1.29 is 22.7 Å². The molecule has 10 heteroatoms. The summed E-state index contributed by atoms with van der Waals surface area (Å²) in [6, 6.07) is 9.61. The third-order valence-electron chi connectivity index (χ3n) is 4.97. The molecule has 0 unspecified atom stereocenters. The lowest BCUT2D eigenvalue weighted by atomic mass is 10.2. The van der Waals surface area contributed by atoms with Gasteiger partial charge in [0.25, 0.3) is 5.56 Å². The van der Waals surface area contributed by atoms with Crippen LogP contribution < -0.4 is 20.3 Å². The monoisotopic (exact) mass is 459 g/mol. The standard InChI is InChI=1S/C22H25N3O6S/c1-30-19-11-17-18(12-20(19)31-2)24-14-25(22(17)27)10-4-5-21(26)23-13-15-6-8-16(9-7-15)32(3,28)29/h6-9,11-12,14H,4-5,10,13H2,1-3H3,(H,23,26). The second kappa shape index (κ2) is 9.82. The zero-order chi connectivity index (χ0) is 23.3. The number of carbonyl (C=O) groups is 1. The van der Waals surface area contributed by atoms with Gasteiger partial charge < -0.3 is 14.8 Å². The summed E-state index contributed by atoms with van der Waals surface area (Å²) in [7, 11) is -0.236. The summed E-state index contributed by atoms with van der Waals surface area (Å²) in [5.74, 6) is 0.776. The molecule has 1 aromatic heterocycles. The topological polar surface area (TPSA) is 117 Å². The molecule has 9 nitrogen and oxygen atoms in total. The van der Waals surface area contributed by atoms with E-state index in [1.807, 2.05) is 0 Å². The number of carbonyl (C=O) groups excluding carboxylic acids is 1. The number of sulfone groups is 1. The number of amides is 1.